The molecule has 0 aliphatic heterocycles. The Morgan fingerprint density at radius 1 is 1.03 bits per heavy atom. The normalized spacial score (nSPS) is 11.4. The summed E-state index contributed by atoms with van der Waals surface area (Å²) in [7, 11) is 1.61. The molecule has 0 amide bonds. The van der Waals surface area contributed by atoms with Crippen molar-refractivity contribution in [1.82, 2.24) is 19.9 Å². The molecule has 7 nitrogen and oxygen atoms in total. The Kier molecular flexibility index (Phi) is 7.50. The first-order valence-corrected chi connectivity index (χ1v) is 11.2. The topological polar surface area (TPSA) is 90.0 Å². The summed E-state index contributed by atoms with van der Waals surface area (Å²) in [4.78, 5) is 27.7. The lowest BCUT2D eigenvalue weighted by molar-refractivity contribution is -0.110. The molecule has 0 aliphatic rings. The third kappa shape index (κ3) is 6.08. The number of allylic oxidation sites excluding steroid dienone is 2. The van der Waals surface area contributed by atoms with Crippen LogP contribution >= 0.6 is 11.8 Å². The van der Waals surface area contributed by atoms with E-state index in [0.29, 0.717) is 12.3 Å². The molecule has 8 heteroatoms. The first kappa shape index (κ1) is 22.3. The number of hydrogen-bond donors (Lipinski definition) is 1. The summed E-state index contributed by atoms with van der Waals surface area (Å²) in [5.41, 5.74) is 3.27. The molecule has 4 aromatic rings. The minimum absolute atomic E-state index is 0.102. The van der Waals surface area contributed by atoms with Gasteiger partial charge in [-0.3, -0.25) is 4.79 Å². The lowest BCUT2D eigenvalue weighted by Gasteiger charge is -2.06. The first-order chi connectivity index (χ1) is 16.2. The monoisotopic (exact) mass is 458 g/mol. The van der Waals surface area contributed by atoms with E-state index >= 15 is 0 Å². The van der Waals surface area contributed by atoms with Gasteiger partial charge in [0.05, 0.1) is 20.0 Å². The van der Waals surface area contributed by atoms with Gasteiger partial charge in [0, 0.05) is 11.3 Å². The summed E-state index contributed by atoms with van der Waals surface area (Å²) in [6.45, 7) is 0.533. The van der Waals surface area contributed by atoms with Crippen LogP contribution < -0.4 is 9.47 Å². The molecule has 0 unspecified atom stereocenters. The molecule has 2 aromatic carbocycles. The smallest absolute Gasteiger partial charge is 0.181 e. The number of nitrogens with one attached hydrogen (secondary N) is 1. The number of methoxy groups -OCH3 is 1. The summed E-state index contributed by atoms with van der Waals surface area (Å²) in [5.74, 6) is 2.13. The van der Waals surface area contributed by atoms with Gasteiger partial charge < -0.3 is 14.5 Å². The van der Waals surface area contributed by atoms with Crippen LogP contribution in [0.2, 0.25) is 0 Å². The van der Waals surface area contributed by atoms with Gasteiger partial charge in [0.25, 0.3) is 0 Å². The maximum Gasteiger partial charge on any atom is 0.181 e. The van der Waals surface area contributed by atoms with Crippen molar-refractivity contribution in [3.05, 3.63) is 84.5 Å². The molecule has 0 radical (unpaired) electrons. The van der Waals surface area contributed by atoms with Gasteiger partial charge in [-0.15, -0.1) is 11.8 Å². The largest absolute Gasteiger partial charge is 0.496 e. The zero-order valence-electron chi connectivity index (χ0n) is 18.0. The van der Waals surface area contributed by atoms with E-state index in [1.807, 2.05) is 48.5 Å². The summed E-state index contributed by atoms with van der Waals surface area (Å²) in [5, 5.41) is 0.853. The number of carbonyl (C=O) groups is 1. The number of aromatic nitrogens is 4. The Hall–Kier alpha value is -3.91. The quantitative estimate of drug-likeness (QED) is 0.158. The molecular weight excluding hydrogens is 436 g/mol. The van der Waals surface area contributed by atoms with Gasteiger partial charge in [-0.25, -0.2) is 15.0 Å². The molecule has 166 valence electrons. The average molecular weight is 459 g/mol. The highest BCUT2D eigenvalue weighted by Crippen LogP contribution is 2.22. The zero-order valence-corrected chi connectivity index (χ0v) is 18.8. The van der Waals surface area contributed by atoms with E-state index in [-0.39, 0.29) is 5.78 Å². The highest BCUT2D eigenvalue weighted by molar-refractivity contribution is 7.99. The summed E-state index contributed by atoms with van der Waals surface area (Å²) in [6.07, 6.45) is 9.71. The Bertz CT molecular complexity index is 1280. The average Bonchev–Trinajstić information content (AvgIpc) is 3.35. The van der Waals surface area contributed by atoms with Gasteiger partial charge >= 0.3 is 0 Å². The van der Waals surface area contributed by atoms with Gasteiger partial charge in [0.2, 0.25) is 0 Å². The standard InChI is InChI=1S/C25H22N4O3S/c1-31-22-5-3-2-4-19(22)9-11-20(30)10-6-18-7-12-21(13-8-18)32-14-15-33-25-23-24(27-16-26-23)28-17-29-25/h2-13,16-17H,14-15H2,1H3,(H,26,27,28,29)/b10-6+,11-9+. The predicted molar refractivity (Wildman–Crippen MR) is 130 cm³/mol. The van der Waals surface area contributed by atoms with E-state index in [0.717, 1.165) is 38.9 Å². The third-order valence-corrected chi connectivity index (χ3v) is 5.62. The molecular formula is C25H22N4O3S. The third-order valence-electron chi connectivity index (χ3n) is 4.67. The molecule has 0 bridgehead atoms. The second-order valence-electron chi connectivity index (χ2n) is 6.86. The fourth-order valence-corrected chi connectivity index (χ4v) is 3.81. The van der Waals surface area contributed by atoms with Crippen LogP contribution in [-0.2, 0) is 4.79 Å². The molecule has 2 heterocycles. The van der Waals surface area contributed by atoms with Crippen molar-refractivity contribution in [2.75, 3.05) is 19.5 Å². The van der Waals surface area contributed by atoms with Crippen LogP contribution in [0.5, 0.6) is 11.5 Å². The SMILES string of the molecule is COc1ccccc1/C=C/C(=O)/C=C/c1ccc(OCCSc2ncnc3nc[nH]c23)cc1. The molecule has 4 rings (SSSR count). The van der Waals surface area contributed by atoms with Crippen LogP contribution in [-0.4, -0.2) is 45.2 Å². The fraction of sp³-hybridized carbons (Fsp3) is 0.120. The van der Waals surface area contributed by atoms with Crippen molar-refractivity contribution >= 4 is 40.9 Å². The number of rotatable bonds is 10. The van der Waals surface area contributed by atoms with E-state index < -0.39 is 0 Å². The Labute approximate surface area is 195 Å². The summed E-state index contributed by atoms with van der Waals surface area (Å²) >= 11 is 1.58. The van der Waals surface area contributed by atoms with Crippen LogP contribution in [0.25, 0.3) is 23.3 Å². The van der Waals surface area contributed by atoms with E-state index in [9.17, 15) is 4.79 Å². The Balaban J connectivity index is 1.25. The van der Waals surface area contributed by atoms with Crippen LogP contribution in [0.4, 0.5) is 0 Å². The van der Waals surface area contributed by atoms with E-state index in [1.165, 1.54) is 18.5 Å². The molecule has 0 saturated carbocycles. The maximum atomic E-state index is 12.2. The zero-order chi connectivity index (χ0) is 22.9. The van der Waals surface area contributed by atoms with Gasteiger partial charge in [-0.2, -0.15) is 0 Å². The minimum Gasteiger partial charge on any atom is -0.496 e. The number of aromatic amines is 1. The molecule has 0 atom stereocenters. The molecule has 0 saturated heterocycles. The Morgan fingerprint density at radius 2 is 1.85 bits per heavy atom. The van der Waals surface area contributed by atoms with Gasteiger partial charge in [0.1, 0.15) is 28.4 Å². The molecule has 0 fully saturated rings. The molecule has 0 aliphatic carbocycles. The van der Waals surface area contributed by atoms with Crippen molar-refractivity contribution in [3.8, 4) is 11.5 Å². The van der Waals surface area contributed by atoms with E-state index in [2.05, 4.69) is 19.9 Å². The number of para-hydroxylation sites is 1. The molecule has 2 aromatic heterocycles. The number of thioether (sulfide) groups is 1. The number of benzene rings is 2. The van der Waals surface area contributed by atoms with Gasteiger partial charge in [-0.05, 0) is 42.0 Å². The summed E-state index contributed by atoms with van der Waals surface area (Å²) in [6, 6.07) is 15.1. The Morgan fingerprint density at radius 3 is 2.70 bits per heavy atom. The number of carbonyl (C=O) groups excluding carboxylic acids is 1. The predicted octanol–water partition coefficient (Wildman–Crippen LogP) is 4.83. The number of hydrogen-bond acceptors (Lipinski definition) is 7. The second-order valence-corrected chi connectivity index (χ2v) is 7.94. The highest BCUT2D eigenvalue weighted by atomic mass is 32.2. The number of imidazole rings is 1. The fourth-order valence-electron chi connectivity index (χ4n) is 3.04. The second kappa shape index (κ2) is 11.1. The lowest BCUT2D eigenvalue weighted by Crippen LogP contribution is -2.00. The van der Waals surface area contributed by atoms with Crippen LogP contribution in [0.15, 0.2) is 78.4 Å². The van der Waals surface area contributed by atoms with Crippen molar-refractivity contribution in [1.29, 1.82) is 0 Å². The van der Waals surface area contributed by atoms with Crippen molar-refractivity contribution in [2.45, 2.75) is 5.03 Å². The first-order valence-electron chi connectivity index (χ1n) is 10.3. The van der Waals surface area contributed by atoms with Crippen LogP contribution in [0.3, 0.4) is 0 Å². The van der Waals surface area contributed by atoms with Crippen LogP contribution in [0.1, 0.15) is 11.1 Å². The van der Waals surface area contributed by atoms with Gasteiger partial charge in [-0.1, -0.05) is 36.4 Å². The number of ketones is 1. The van der Waals surface area contributed by atoms with E-state index in [4.69, 9.17) is 9.47 Å². The molecule has 1 N–H and O–H groups in total. The number of ether oxygens (including phenoxy) is 2. The van der Waals surface area contributed by atoms with E-state index in [1.54, 1.807) is 37.4 Å². The van der Waals surface area contributed by atoms with Crippen LogP contribution in [0, 0.1) is 0 Å². The molecule has 33 heavy (non-hydrogen) atoms. The lowest BCUT2D eigenvalue weighted by atomic mass is 10.1. The summed E-state index contributed by atoms with van der Waals surface area (Å²) < 4.78 is 11.1. The minimum atomic E-state index is -0.102. The van der Waals surface area contributed by atoms with Gasteiger partial charge in [0.15, 0.2) is 11.4 Å². The van der Waals surface area contributed by atoms with Crippen molar-refractivity contribution in [3.63, 3.8) is 0 Å². The van der Waals surface area contributed by atoms with Crippen molar-refractivity contribution < 1.29 is 14.3 Å². The van der Waals surface area contributed by atoms with Crippen molar-refractivity contribution in [2.24, 2.45) is 0 Å². The number of H-pyrrole nitrogens is 1. The molecule has 0 spiro atoms. The number of nitrogens with zero attached hydrogens (tertiary/aromatic N) is 3. The maximum absolute atomic E-state index is 12.2. The highest BCUT2D eigenvalue weighted by Gasteiger charge is 2.06. The number of fused-ring (bicyclic) bond motifs is 1.